The van der Waals surface area contributed by atoms with Gasteiger partial charge in [0.1, 0.15) is 0 Å². The van der Waals surface area contributed by atoms with E-state index in [4.69, 9.17) is 0 Å². The maximum atomic E-state index is 12.5. The summed E-state index contributed by atoms with van der Waals surface area (Å²) in [4.78, 5) is 12.6. The van der Waals surface area contributed by atoms with Gasteiger partial charge in [-0.2, -0.15) is 0 Å². The van der Waals surface area contributed by atoms with Crippen molar-refractivity contribution in [3.05, 3.63) is 53.6 Å². The Morgan fingerprint density at radius 3 is 2.18 bits per heavy atom. The minimum absolute atomic E-state index is 0.0309. The molecule has 152 valence electrons. The van der Waals surface area contributed by atoms with Gasteiger partial charge in [0, 0.05) is 18.3 Å². The summed E-state index contributed by atoms with van der Waals surface area (Å²) in [6, 6.07) is 10.5. The van der Waals surface area contributed by atoms with Gasteiger partial charge in [0.2, 0.25) is 20.0 Å². The number of amides is 1. The zero-order chi connectivity index (χ0) is 21.1. The van der Waals surface area contributed by atoms with E-state index in [9.17, 15) is 21.6 Å². The fourth-order valence-corrected chi connectivity index (χ4v) is 3.98. The van der Waals surface area contributed by atoms with Crippen molar-refractivity contribution in [1.29, 1.82) is 0 Å². The molecule has 0 saturated heterocycles. The smallest absolute Gasteiger partial charge is 0.255 e. The fraction of sp³-hybridized carbons (Fsp3) is 0.278. The summed E-state index contributed by atoms with van der Waals surface area (Å²) in [7, 11) is -4.26. The van der Waals surface area contributed by atoms with Crippen molar-refractivity contribution in [1.82, 2.24) is 4.72 Å². The molecule has 2 rings (SSSR count). The van der Waals surface area contributed by atoms with Crippen molar-refractivity contribution in [3.8, 4) is 0 Å². The van der Waals surface area contributed by atoms with E-state index in [0.717, 1.165) is 4.31 Å². The van der Waals surface area contributed by atoms with Gasteiger partial charge < -0.3 is 5.32 Å². The molecular weight excluding hydrogens is 402 g/mol. The standard InChI is InChI=1S/C18H23N3O5S2/c1-5-27(23,24)21(4)15-9-7-14(8-10-15)18(22)20-17-12-16(11-6-13(17)2)28(25,26)19-3/h6-12,19H,5H2,1-4H3,(H,20,22). The lowest BCUT2D eigenvalue weighted by molar-refractivity contribution is 0.102. The Balaban J connectivity index is 2.25. The summed E-state index contributed by atoms with van der Waals surface area (Å²) in [5.41, 5.74) is 1.83. The average Bonchev–Trinajstić information content (AvgIpc) is 2.68. The Morgan fingerprint density at radius 1 is 1.04 bits per heavy atom. The summed E-state index contributed by atoms with van der Waals surface area (Å²) >= 11 is 0. The second kappa shape index (κ2) is 8.29. The molecule has 2 aromatic rings. The number of anilines is 2. The Hall–Kier alpha value is -2.43. The summed E-state index contributed by atoms with van der Waals surface area (Å²) in [6.07, 6.45) is 0. The fourth-order valence-electron chi connectivity index (χ4n) is 2.39. The Kier molecular flexibility index (Phi) is 6.48. The molecule has 0 heterocycles. The van der Waals surface area contributed by atoms with Crippen LogP contribution in [0.2, 0.25) is 0 Å². The zero-order valence-electron chi connectivity index (χ0n) is 16.1. The van der Waals surface area contributed by atoms with E-state index in [-0.39, 0.29) is 10.6 Å². The molecule has 0 aliphatic heterocycles. The summed E-state index contributed by atoms with van der Waals surface area (Å²) in [5.74, 6) is -0.466. The molecule has 0 saturated carbocycles. The van der Waals surface area contributed by atoms with Crippen LogP contribution in [0, 0.1) is 6.92 Å². The van der Waals surface area contributed by atoms with Crippen molar-refractivity contribution >= 4 is 37.3 Å². The van der Waals surface area contributed by atoms with Gasteiger partial charge in [-0.15, -0.1) is 0 Å². The first kappa shape index (κ1) is 21.9. The van der Waals surface area contributed by atoms with Gasteiger partial charge in [0.15, 0.2) is 0 Å². The molecule has 0 radical (unpaired) electrons. The molecule has 28 heavy (non-hydrogen) atoms. The summed E-state index contributed by atoms with van der Waals surface area (Å²) in [5, 5.41) is 2.69. The lowest BCUT2D eigenvalue weighted by Gasteiger charge is -2.18. The predicted octanol–water partition coefficient (Wildman–Crippen LogP) is 1.94. The first-order valence-electron chi connectivity index (χ1n) is 8.44. The second-order valence-corrected chi connectivity index (χ2v) is 10.2. The third kappa shape index (κ3) is 4.70. The molecule has 2 N–H and O–H groups in total. The van der Waals surface area contributed by atoms with Crippen LogP contribution in [0.5, 0.6) is 0 Å². The number of hydrogen-bond acceptors (Lipinski definition) is 5. The molecule has 1 amide bonds. The van der Waals surface area contributed by atoms with E-state index in [1.807, 2.05) is 0 Å². The quantitative estimate of drug-likeness (QED) is 0.704. The lowest BCUT2D eigenvalue weighted by atomic mass is 10.1. The number of benzene rings is 2. The normalized spacial score (nSPS) is 11.9. The molecule has 0 aromatic heterocycles. The van der Waals surface area contributed by atoms with Gasteiger partial charge in [-0.3, -0.25) is 9.10 Å². The minimum atomic E-state index is -3.63. The topological polar surface area (TPSA) is 113 Å². The largest absolute Gasteiger partial charge is 0.322 e. The summed E-state index contributed by atoms with van der Waals surface area (Å²) < 4.78 is 51.1. The Morgan fingerprint density at radius 2 is 1.64 bits per heavy atom. The molecule has 0 aliphatic rings. The molecule has 8 nitrogen and oxygen atoms in total. The van der Waals surface area contributed by atoms with Crippen LogP contribution in [0.3, 0.4) is 0 Å². The first-order valence-corrected chi connectivity index (χ1v) is 11.5. The molecule has 0 fully saturated rings. The van der Waals surface area contributed by atoms with E-state index in [2.05, 4.69) is 10.0 Å². The van der Waals surface area contributed by atoms with Gasteiger partial charge in [-0.25, -0.2) is 21.6 Å². The van der Waals surface area contributed by atoms with Crippen molar-refractivity contribution in [2.45, 2.75) is 18.7 Å². The number of rotatable bonds is 7. The second-order valence-electron chi connectivity index (χ2n) is 6.05. The molecule has 0 atom stereocenters. The van der Waals surface area contributed by atoms with Crippen molar-refractivity contribution in [3.63, 3.8) is 0 Å². The average molecular weight is 426 g/mol. The van der Waals surface area contributed by atoms with E-state index in [1.54, 1.807) is 19.9 Å². The Bertz CT molecular complexity index is 1080. The number of aryl methyl sites for hydroxylation is 1. The first-order chi connectivity index (χ1) is 13.0. The van der Waals surface area contributed by atoms with Gasteiger partial charge in [-0.05, 0) is 62.9 Å². The highest BCUT2D eigenvalue weighted by molar-refractivity contribution is 7.92. The van der Waals surface area contributed by atoms with Crippen LogP contribution < -0.4 is 14.3 Å². The van der Waals surface area contributed by atoms with E-state index in [1.165, 1.54) is 50.5 Å². The van der Waals surface area contributed by atoms with E-state index >= 15 is 0 Å². The number of carbonyl (C=O) groups excluding carboxylic acids is 1. The van der Waals surface area contributed by atoms with Crippen molar-refractivity contribution < 1.29 is 21.6 Å². The van der Waals surface area contributed by atoms with Crippen LogP contribution in [-0.2, 0) is 20.0 Å². The lowest BCUT2D eigenvalue weighted by Crippen LogP contribution is -2.28. The molecule has 0 unspecified atom stereocenters. The third-order valence-corrected chi connectivity index (χ3v) is 7.50. The number of carbonyl (C=O) groups is 1. The maximum Gasteiger partial charge on any atom is 0.255 e. The van der Waals surface area contributed by atoms with Crippen LogP contribution >= 0.6 is 0 Å². The number of hydrogen-bond donors (Lipinski definition) is 2. The number of nitrogens with zero attached hydrogens (tertiary/aromatic N) is 1. The maximum absolute atomic E-state index is 12.5. The molecule has 0 bridgehead atoms. The van der Waals surface area contributed by atoms with Crippen LogP contribution in [-0.4, -0.2) is 42.6 Å². The van der Waals surface area contributed by atoms with Crippen molar-refractivity contribution in [2.24, 2.45) is 0 Å². The van der Waals surface area contributed by atoms with E-state index < -0.39 is 26.0 Å². The molecule has 10 heteroatoms. The summed E-state index contributed by atoms with van der Waals surface area (Å²) in [6.45, 7) is 3.30. The predicted molar refractivity (Wildman–Crippen MR) is 110 cm³/mol. The highest BCUT2D eigenvalue weighted by Crippen LogP contribution is 2.22. The van der Waals surface area contributed by atoms with Gasteiger partial charge >= 0.3 is 0 Å². The molecule has 2 aromatic carbocycles. The zero-order valence-corrected chi connectivity index (χ0v) is 17.7. The van der Waals surface area contributed by atoms with Crippen LogP contribution in [0.25, 0.3) is 0 Å². The van der Waals surface area contributed by atoms with Gasteiger partial charge in [-0.1, -0.05) is 6.07 Å². The van der Waals surface area contributed by atoms with E-state index in [0.29, 0.717) is 22.5 Å². The monoisotopic (exact) mass is 425 g/mol. The molecule has 0 aliphatic carbocycles. The molecular formula is C18H23N3O5S2. The van der Waals surface area contributed by atoms with Crippen LogP contribution in [0.4, 0.5) is 11.4 Å². The van der Waals surface area contributed by atoms with Crippen molar-refractivity contribution in [2.75, 3.05) is 29.5 Å². The Labute approximate surface area is 165 Å². The SMILES string of the molecule is CCS(=O)(=O)N(C)c1ccc(C(=O)Nc2cc(S(=O)(=O)NC)ccc2C)cc1. The third-order valence-electron chi connectivity index (χ3n) is 4.31. The molecule has 0 spiro atoms. The number of sulfonamides is 2. The number of nitrogens with one attached hydrogen (secondary N) is 2. The van der Waals surface area contributed by atoms with Crippen LogP contribution in [0.1, 0.15) is 22.8 Å². The minimum Gasteiger partial charge on any atom is -0.322 e. The van der Waals surface area contributed by atoms with Gasteiger partial charge in [0.25, 0.3) is 5.91 Å². The van der Waals surface area contributed by atoms with Gasteiger partial charge in [0.05, 0.1) is 16.3 Å². The highest BCUT2D eigenvalue weighted by Gasteiger charge is 2.17. The highest BCUT2D eigenvalue weighted by atomic mass is 32.2. The van der Waals surface area contributed by atoms with Crippen LogP contribution in [0.15, 0.2) is 47.4 Å².